The third-order valence-electron chi connectivity index (χ3n) is 3.25. The van der Waals surface area contributed by atoms with E-state index in [-0.39, 0.29) is 17.7 Å². The van der Waals surface area contributed by atoms with Gasteiger partial charge in [-0.05, 0) is 17.2 Å². The number of amides is 1. The molecule has 1 unspecified atom stereocenters. The highest BCUT2D eigenvalue weighted by Crippen LogP contribution is 2.26. The minimum Gasteiger partial charge on any atom is -0.388 e. The molecular weight excluding hydrogens is 307 g/mol. The number of carbonyl (C=O) groups is 1. The number of nitrogens with one attached hydrogen (secondary N) is 1. The number of anilines is 1. The quantitative estimate of drug-likeness (QED) is 0.878. The molecule has 23 heavy (non-hydrogen) atoms. The van der Waals surface area contributed by atoms with Crippen LogP contribution in [0.25, 0.3) is 0 Å². The molecule has 0 bridgehead atoms. The Morgan fingerprint density at radius 1 is 1.04 bits per heavy atom. The van der Waals surface area contributed by atoms with E-state index < -0.39 is 24.6 Å². The Morgan fingerprint density at radius 3 is 2.30 bits per heavy atom. The smallest absolute Gasteiger partial charge is 0.388 e. The predicted octanol–water partition coefficient (Wildman–Crippen LogP) is 3.85. The Kier molecular flexibility index (Phi) is 5.39. The van der Waals surface area contributed by atoms with E-state index in [2.05, 4.69) is 5.32 Å². The summed E-state index contributed by atoms with van der Waals surface area (Å²) in [5.74, 6) is -0.545. The maximum atomic E-state index is 12.5. The normalized spacial score (nSPS) is 12.7. The van der Waals surface area contributed by atoms with Gasteiger partial charge in [0, 0.05) is 5.69 Å². The van der Waals surface area contributed by atoms with Gasteiger partial charge in [0.1, 0.15) is 0 Å². The van der Waals surface area contributed by atoms with Gasteiger partial charge < -0.3 is 10.4 Å². The van der Waals surface area contributed by atoms with Crippen LogP contribution in [0.3, 0.4) is 0 Å². The maximum absolute atomic E-state index is 12.5. The van der Waals surface area contributed by atoms with Gasteiger partial charge in [0.2, 0.25) is 5.91 Å². The molecule has 6 heteroatoms. The topological polar surface area (TPSA) is 49.3 Å². The molecule has 0 fully saturated rings. The summed E-state index contributed by atoms with van der Waals surface area (Å²) < 4.78 is 37.6. The van der Waals surface area contributed by atoms with Crippen LogP contribution in [-0.4, -0.2) is 17.2 Å². The van der Waals surface area contributed by atoms with Crippen LogP contribution in [0.4, 0.5) is 18.9 Å². The highest BCUT2D eigenvalue weighted by Gasteiger charge is 2.29. The summed E-state index contributed by atoms with van der Waals surface area (Å²) in [6.45, 7) is 0. The number of halogens is 3. The van der Waals surface area contributed by atoms with Crippen molar-refractivity contribution in [1.29, 1.82) is 0 Å². The summed E-state index contributed by atoms with van der Waals surface area (Å²) in [7, 11) is 0. The van der Waals surface area contributed by atoms with E-state index in [1.54, 1.807) is 36.4 Å². The van der Waals surface area contributed by atoms with E-state index in [0.29, 0.717) is 5.56 Å². The van der Waals surface area contributed by atoms with Crippen LogP contribution in [0.2, 0.25) is 0 Å². The lowest BCUT2D eigenvalue weighted by molar-refractivity contribution is -0.127. The summed E-state index contributed by atoms with van der Waals surface area (Å²) in [6.07, 6.45) is -6.72. The minimum atomic E-state index is -4.36. The summed E-state index contributed by atoms with van der Waals surface area (Å²) in [4.78, 5) is 12.0. The Labute approximate surface area is 131 Å². The first-order chi connectivity index (χ1) is 10.8. The van der Waals surface area contributed by atoms with Gasteiger partial charge in [-0.2, -0.15) is 13.2 Å². The average Bonchev–Trinajstić information content (AvgIpc) is 2.48. The van der Waals surface area contributed by atoms with E-state index in [1.165, 1.54) is 18.2 Å². The zero-order valence-electron chi connectivity index (χ0n) is 12.2. The molecule has 122 valence electrons. The fourth-order valence-corrected chi connectivity index (χ4v) is 2.18. The average molecular weight is 323 g/mol. The first kappa shape index (κ1) is 17.0. The van der Waals surface area contributed by atoms with Crippen molar-refractivity contribution in [3.8, 4) is 0 Å². The van der Waals surface area contributed by atoms with Crippen molar-refractivity contribution in [3.63, 3.8) is 0 Å². The fourth-order valence-electron chi connectivity index (χ4n) is 2.18. The molecular formula is C17H16F3NO2. The number of hydrogen-bond donors (Lipinski definition) is 2. The number of aliphatic hydroxyl groups excluding tert-OH is 1. The summed E-state index contributed by atoms with van der Waals surface area (Å²) in [5, 5.41) is 12.4. The Bertz CT molecular complexity index is 656. The first-order valence-corrected chi connectivity index (χ1v) is 7.02. The number of para-hydroxylation sites is 1. The lowest BCUT2D eigenvalue weighted by atomic mass is 10.1. The molecule has 2 aromatic carbocycles. The second-order valence-corrected chi connectivity index (χ2v) is 5.13. The van der Waals surface area contributed by atoms with Gasteiger partial charge in [-0.3, -0.25) is 4.79 Å². The molecule has 2 rings (SSSR count). The molecule has 0 aliphatic heterocycles. The zero-order valence-corrected chi connectivity index (χ0v) is 12.2. The molecule has 1 amide bonds. The molecule has 0 spiro atoms. The van der Waals surface area contributed by atoms with Crippen molar-refractivity contribution in [2.75, 3.05) is 5.32 Å². The fraction of sp³-hybridized carbons (Fsp3) is 0.235. The third-order valence-corrected chi connectivity index (χ3v) is 3.25. The molecule has 2 N–H and O–H groups in total. The molecule has 2 aromatic rings. The van der Waals surface area contributed by atoms with Crippen molar-refractivity contribution < 1.29 is 23.1 Å². The van der Waals surface area contributed by atoms with Crippen LogP contribution < -0.4 is 5.32 Å². The minimum absolute atomic E-state index is 0.0115. The standard InChI is InChI=1S/C17H16F3NO2/c18-17(19,20)11-13-8-4-5-9-14(13)21-16(23)10-15(22)12-6-2-1-3-7-12/h1-9,15,22H,10-11H2,(H,21,23). The van der Waals surface area contributed by atoms with Crippen molar-refractivity contribution in [2.45, 2.75) is 25.1 Å². The third kappa shape index (κ3) is 5.41. The van der Waals surface area contributed by atoms with Crippen molar-refractivity contribution in [2.24, 2.45) is 0 Å². The van der Waals surface area contributed by atoms with E-state index in [9.17, 15) is 23.1 Å². The highest BCUT2D eigenvalue weighted by atomic mass is 19.4. The van der Waals surface area contributed by atoms with E-state index >= 15 is 0 Å². The lowest BCUT2D eigenvalue weighted by Gasteiger charge is -2.14. The number of aliphatic hydroxyl groups is 1. The number of carbonyl (C=O) groups excluding carboxylic acids is 1. The van der Waals surface area contributed by atoms with Gasteiger partial charge in [0.15, 0.2) is 0 Å². The van der Waals surface area contributed by atoms with Crippen LogP contribution in [0, 0.1) is 0 Å². The van der Waals surface area contributed by atoms with Crippen LogP contribution in [0.5, 0.6) is 0 Å². The van der Waals surface area contributed by atoms with Crippen LogP contribution in [0.1, 0.15) is 23.7 Å². The Hall–Kier alpha value is -2.34. The van der Waals surface area contributed by atoms with E-state index in [0.717, 1.165) is 0 Å². The molecule has 0 saturated carbocycles. The number of rotatable bonds is 5. The summed E-state index contributed by atoms with van der Waals surface area (Å²) >= 11 is 0. The predicted molar refractivity (Wildman–Crippen MR) is 80.8 cm³/mol. The monoisotopic (exact) mass is 323 g/mol. The first-order valence-electron chi connectivity index (χ1n) is 7.02. The van der Waals surface area contributed by atoms with Gasteiger partial charge in [-0.25, -0.2) is 0 Å². The van der Waals surface area contributed by atoms with Crippen molar-refractivity contribution in [1.82, 2.24) is 0 Å². The summed E-state index contributed by atoms with van der Waals surface area (Å²) in [5.41, 5.74) is 0.670. The molecule has 1 atom stereocenters. The molecule has 0 aliphatic carbocycles. The molecule has 0 aromatic heterocycles. The molecule has 0 aliphatic rings. The Morgan fingerprint density at radius 2 is 1.65 bits per heavy atom. The second-order valence-electron chi connectivity index (χ2n) is 5.13. The highest BCUT2D eigenvalue weighted by molar-refractivity contribution is 5.91. The largest absolute Gasteiger partial charge is 0.393 e. The number of benzene rings is 2. The van der Waals surface area contributed by atoms with Crippen LogP contribution >= 0.6 is 0 Å². The lowest BCUT2D eigenvalue weighted by Crippen LogP contribution is -2.18. The van der Waals surface area contributed by atoms with Crippen molar-refractivity contribution >= 4 is 11.6 Å². The second kappa shape index (κ2) is 7.28. The van der Waals surface area contributed by atoms with E-state index in [1.807, 2.05) is 0 Å². The van der Waals surface area contributed by atoms with Crippen molar-refractivity contribution in [3.05, 3.63) is 65.7 Å². The van der Waals surface area contributed by atoms with Gasteiger partial charge >= 0.3 is 6.18 Å². The van der Waals surface area contributed by atoms with Crippen LogP contribution in [-0.2, 0) is 11.2 Å². The maximum Gasteiger partial charge on any atom is 0.393 e. The van der Waals surface area contributed by atoms with Gasteiger partial charge in [-0.15, -0.1) is 0 Å². The molecule has 0 radical (unpaired) electrons. The van der Waals surface area contributed by atoms with Gasteiger partial charge in [0.25, 0.3) is 0 Å². The Balaban J connectivity index is 2.03. The molecule has 0 heterocycles. The summed E-state index contributed by atoms with van der Waals surface area (Å²) in [6, 6.07) is 14.3. The number of alkyl halides is 3. The number of hydrogen-bond acceptors (Lipinski definition) is 2. The SMILES string of the molecule is O=C(CC(O)c1ccccc1)Nc1ccccc1CC(F)(F)F. The molecule has 3 nitrogen and oxygen atoms in total. The van der Waals surface area contributed by atoms with Gasteiger partial charge in [0.05, 0.1) is 18.9 Å². The van der Waals surface area contributed by atoms with E-state index in [4.69, 9.17) is 0 Å². The molecule has 0 saturated heterocycles. The zero-order chi connectivity index (χ0) is 16.9. The van der Waals surface area contributed by atoms with Gasteiger partial charge in [-0.1, -0.05) is 48.5 Å². The van der Waals surface area contributed by atoms with Crippen LogP contribution in [0.15, 0.2) is 54.6 Å².